The third-order valence-electron chi connectivity index (χ3n) is 3.46. The summed E-state index contributed by atoms with van der Waals surface area (Å²) >= 11 is 0. The molecule has 0 bridgehead atoms. The van der Waals surface area contributed by atoms with E-state index in [1.54, 1.807) is 7.05 Å². The maximum atomic E-state index is 11.7. The molecule has 0 radical (unpaired) electrons. The highest BCUT2D eigenvalue weighted by atomic mass is 16.1. The van der Waals surface area contributed by atoms with Crippen molar-refractivity contribution in [2.45, 2.75) is 40.2 Å². The maximum Gasteiger partial charge on any atom is 0.239 e. The highest BCUT2D eigenvalue weighted by Gasteiger charge is 2.12. The lowest BCUT2D eigenvalue weighted by molar-refractivity contribution is -0.119. The Labute approximate surface area is 128 Å². The first kappa shape index (κ1) is 17.5. The van der Waals surface area contributed by atoms with Gasteiger partial charge in [0.15, 0.2) is 0 Å². The summed E-state index contributed by atoms with van der Waals surface area (Å²) in [5, 5.41) is 6.11. The summed E-state index contributed by atoms with van der Waals surface area (Å²) in [6.07, 6.45) is 2.17. The second kappa shape index (κ2) is 9.40. The van der Waals surface area contributed by atoms with Gasteiger partial charge in [0.2, 0.25) is 5.91 Å². The number of carbonyl (C=O) groups is 1. The predicted octanol–water partition coefficient (Wildman–Crippen LogP) is 2.46. The molecule has 0 aliphatic rings. The van der Waals surface area contributed by atoms with Gasteiger partial charge in [-0.3, -0.25) is 4.79 Å². The zero-order chi connectivity index (χ0) is 15.7. The first-order chi connectivity index (χ1) is 10.1. The molecule has 0 saturated carbocycles. The number of nitrogens with zero attached hydrogens (tertiary/aromatic N) is 1. The fourth-order valence-corrected chi connectivity index (χ4v) is 2.40. The topological polar surface area (TPSA) is 44.4 Å². The second-order valence-electron chi connectivity index (χ2n) is 5.39. The van der Waals surface area contributed by atoms with E-state index in [0.717, 1.165) is 38.2 Å². The van der Waals surface area contributed by atoms with Crippen LogP contribution in [0, 0.1) is 6.92 Å². The van der Waals surface area contributed by atoms with Crippen LogP contribution in [-0.4, -0.2) is 32.6 Å². The third-order valence-corrected chi connectivity index (χ3v) is 3.46. The first-order valence-corrected chi connectivity index (χ1v) is 7.88. The fraction of sp³-hybridized carbons (Fsp3) is 0.588. The van der Waals surface area contributed by atoms with Gasteiger partial charge >= 0.3 is 0 Å². The SMILES string of the molecule is CCCNCc1ccc(N(CCC)CC(=O)NC)c(C)c1. The molecule has 0 spiro atoms. The normalized spacial score (nSPS) is 10.5. The van der Waals surface area contributed by atoms with Crippen molar-refractivity contribution < 1.29 is 4.79 Å². The van der Waals surface area contributed by atoms with Crippen LogP contribution in [0.15, 0.2) is 18.2 Å². The van der Waals surface area contributed by atoms with Crippen molar-refractivity contribution in [3.05, 3.63) is 29.3 Å². The number of aryl methyl sites for hydroxylation is 1. The molecule has 1 amide bonds. The molecule has 0 unspecified atom stereocenters. The van der Waals surface area contributed by atoms with Crippen molar-refractivity contribution in [2.24, 2.45) is 0 Å². The Morgan fingerprint density at radius 3 is 2.57 bits per heavy atom. The molecule has 0 atom stereocenters. The number of anilines is 1. The summed E-state index contributed by atoms with van der Waals surface area (Å²) in [6.45, 7) is 9.67. The number of rotatable bonds is 9. The number of amides is 1. The summed E-state index contributed by atoms with van der Waals surface area (Å²) < 4.78 is 0. The van der Waals surface area contributed by atoms with Gasteiger partial charge in [0.1, 0.15) is 0 Å². The minimum atomic E-state index is 0.0524. The summed E-state index contributed by atoms with van der Waals surface area (Å²) in [5.74, 6) is 0.0524. The van der Waals surface area contributed by atoms with Gasteiger partial charge in [-0.15, -0.1) is 0 Å². The van der Waals surface area contributed by atoms with Crippen molar-refractivity contribution in [1.82, 2.24) is 10.6 Å². The van der Waals surface area contributed by atoms with E-state index in [-0.39, 0.29) is 5.91 Å². The van der Waals surface area contributed by atoms with Crippen LogP contribution in [0.1, 0.15) is 37.8 Å². The fourth-order valence-electron chi connectivity index (χ4n) is 2.40. The summed E-state index contributed by atoms with van der Waals surface area (Å²) in [5.41, 5.74) is 3.67. The van der Waals surface area contributed by atoms with Crippen LogP contribution in [0.2, 0.25) is 0 Å². The molecule has 1 rings (SSSR count). The molecule has 1 aromatic carbocycles. The van der Waals surface area contributed by atoms with Crippen LogP contribution in [-0.2, 0) is 11.3 Å². The number of hydrogen-bond acceptors (Lipinski definition) is 3. The molecule has 0 heterocycles. The van der Waals surface area contributed by atoms with Crippen LogP contribution in [0.4, 0.5) is 5.69 Å². The summed E-state index contributed by atoms with van der Waals surface area (Å²) in [4.78, 5) is 13.8. The van der Waals surface area contributed by atoms with Gasteiger partial charge in [0.05, 0.1) is 6.54 Å². The molecule has 118 valence electrons. The predicted molar refractivity (Wildman–Crippen MR) is 89.7 cm³/mol. The van der Waals surface area contributed by atoms with Crippen LogP contribution in [0.5, 0.6) is 0 Å². The molecular formula is C17H29N3O. The van der Waals surface area contributed by atoms with E-state index >= 15 is 0 Å². The van der Waals surface area contributed by atoms with Gasteiger partial charge in [-0.05, 0) is 43.5 Å². The Balaban J connectivity index is 2.81. The summed E-state index contributed by atoms with van der Waals surface area (Å²) in [7, 11) is 1.68. The molecule has 21 heavy (non-hydrogen) atoms. The Kier molecular flexibility index (Phi) is 7.83. The van der Waals surface area contributed by atoms with Crippen molar-refractivity contribution in [3.8, 4) is 0 Å². The van der Waals surface area contributed by atoms with E-state index in [2.05, 4.69) is 54.5 Å². The Morgan fingerprint density at radius 1 is 1.24 bits per heavy atom. The highest BCUT2D eigenvalue weighted by Crippen LogP contribution is 2.21. The van der Waals surface area contributed by atoms with Crippen LogP contribution < -0.4 is 15.5 Å². The van der Waals surface area contributed by atoms with Crippen LogP contribution in [0.25, 0.3) is 0 Å². The molecular weight excluding hydrogens is 262 g/mol. The van der Waals surface area contributed by atoms with Gasteiger partial charge in [-0.25, -0.2) is 0 Å². The number of nitrogens with one attached hydrogen (secondary N) is 2. The van der Waals surface area contributed by atoms with E-state index in [4.69, 9.17) is 0 Å². The number of likely N-dealkylation sites (N-methyl/N-ethyl adjacent to an activating group) is 1. The lowest BCUT2D eigenvalue weighted by Crippen LogP contribution is -2.36. The van der Waals surface area contributed by atoms with Gasteiger partial charge in [0, 0.05) is 25.8 Å². The molecule has 0 fully saturated rings. The molecule has 0 saturated heterocycles. The average Bonchev–Trinajstić information content (AvgIpc) is 2.47. The molecule has 0 aliphatic carbocycles. The van der Waals surface area contributed by atoms with E-state index in [1.165, 1.54) is 11.1 Å². The highest BCUT2D eigenvalue weighted by molar-refractivity contribution is 5.81. The van der Waals surface area contributed by atoms with Gasteiger partial charge < -0.3 is 15.5 Å². The first-order valence-electron chi connectivity index (χ1n) is 7.88. The molecule has 2 N–H and O–H groups in total. The minimum Gasteiger partial charge on any atom is -0.362 e. The minimum absolute atomic E-state index is 0.0524. The summed E-state index contributed by atoms with van der Waals surface area (Å²) in [6, 6.07) is 6.50. The monoisotopic (exact) mass is 291 g/mol. The third kappa shape index (κ3) is 5.76. The molecule has 4 nitrogen and oxygen atoms in total. The van der Waals surface area contributed by atoms with E-state index in [1.807, 2.05) is 0 Å². The number of carbonyl (C=O) groups excluding carboxylic acids is 1. The molecule has 0 aromatic heterocycles. The zero-order valence-corrected chi connectivity index (χ0v) is 13.8. The smallest absolute Gasteiger partial charge is 0.239 e. The van der Waals surface area contributed by atoms with Crippen molar-refractivity contribution in [2.75, 3.05) is 31.6 Å². The van der Waals surface area contributed by atoms with Gasteiger partial charge in [0.25, 0.3) is 0 Å². The molecule has 1 aromatic rings. The number of hydrogen-bond donors (Lipinski definition) is 2. The van der Waals surface area contributed by atoms with Gasteiger partial charge in [-0.2, -0.15) is 0 Å². The Bertz CT molecular complexity index is 446. The average molecular weight is 291 g/mol. The van der Waals surface area contributed by atoms with Crippen molar-refractivity contribution >= 4 is 11.6 Å². The Morgan fingerprint density at radius 2 is 2.00 bits per heavy atom. The standard InChI is InChI=1S/C17H29N3O/c1-5-9-19-12-15-7-8-16(14(3)11-15)20(10-6-2)13-17(21)18-4/h7-8,11,19H,5-6,9-10,12-13H2,1-4H3,(H,18,21). The zero-order valence-electron chi connectivity index (χ0n) is 13.8. The molecule has 4 heteroatoms. The van der Waals surface area contributed by atoms with Crippen LogP contribution >= 0.6 is 0 Å². The lowest BCUT2D eigenvalue weighted by Gasteiger charge is -2.25. The van der Waals surface area contributed by atoms with Crippen molar-refractivity contribution in [3.63, 3.8) is 0 Å². The maximum absolute atomic E-state index is 11.7. The number of benzene rings is 1. The van der Waals surface area contributed by atoms with E-state index in [0.29, 0.717) is 6.54 Å². The lowest BCUT2D eigenvalue weighted by atomic mass is 10.1. The quantitative estimate of drug-likeness (QED) is 0.687. The van der Waals surface area contributed by atoms with Crippen molar-refractivity contribution in [1.29, 1.82) is 0 Å². The van der Waals surface area contributed by atoms with E-state index in [9.17, 15) is 4.79 Å². The van der Waals surface area contributed by atoms with E-state index < -0.39 is 0 Å². The largest absolute Gasteiger partial charge is 0.362 e. The Hall–Kier alpha value is -1.55. The second-order valence-corrected chi connectivity index (χ2v) is 5.39. The molecule has 0 aliphatic heterocycles. The van der Waals surface area contributed by atoms with Crippen LogP contribution in [0.3, 0.4) is 0 Å². The van der Waals surface area contributed by atoms with Gasteiger partial charge in [-0.1, -0.05) is 26.0 Å².